The molecule has 0 fully saturated rings. The lowest BCUT2D eigenvalue weighted by atomic mass is 10.1. The summed E-state index contributed by atoms with van der Waals surface area (Å²) < 4.78 is 5.18. The standard InChI is InChI=1S/C22H21N3O2S/c1-27-17-8-6-15(7-9-17)20-14-28-22(25-20)11-10-21(26)24-13-16-12-23-19-5-3-2-4-18(16)19/h2-9,12,14,23H,10-11,13H2,1H3,(H,24,26). The summed E-state index contributed by atoms with van der Waals surface area (Å²) in [6.45, 7) is 0.526. The fourth-order valence-corrected chi connectivity index (χ4v) is 3.91. The number of rotatable bonds is 7. The molecule has 0 atom stereocenters. The normalized spacial score (nSPS) is 10.9. The van der Waals surface area contributed by atoms with Crippen LogP contribution in [-0.4, -0.2) is 23.0 Å². The lowest BCUT2D eigenvalue weighted by molar-refractivity contribution is -0.121. The van der Waals surface area contributed by atoms with E-state index in [1.54, 1.807) is 18.4 Å². The van der Waals surface area contributed by atoms with Gasteiger partial charge in [-0.05, 0) is 35.9 Å². The minimum absolute atomic E-state index is 0.0338. The van der Waals surface area contributed by atoms with Crippen molar-refractivity contribution in [2.45, 2.75) is 19.4 Å². The molecule has 0 bridgehead atoms. The Balaban J connectivity index is 1.30. The number of benzene rings is 2. The van der Waals surface area contributed by atoms with Gasteiger partial charge in [0, 0.05) is 47.4 Å². The molecule has 0 radical (unpaired) electrons. The van der Waals surface area contributed by atoms with Crippen molar-refractivity contribution in [3.8, 4) is 17.0 Å². The number of para-hydroxylation sites is 1. The molecule has 5 nitrogen and oxygen atoms in total. The molecule has 4 aromatic rings. The van der Waals surface area contributed by atoms with Gasteiger partial charge in [-0.1, -0.05) is 18.2 Å². The van der Waals surface area contributed by atoms with E-state index in [0.717, 1.165) is 38.5 Å². The fourth-order valence-electron chi connectivity index (χ4n) is 3.10. The number of fused-ring (bicyclic) bond motifs is 1. The summed E-state index contributed by atoms with van der Waals surface area (Å²) in [5, 5.41) is 7.14. The number of aryl methyl sites for hydroxylation is 1. The molecule has 2 aromatic carbocycles. The van der Waals surface area contributed by atoms with Crippen molar-refractivity contribution in [2.75, 3.05) is 7.11 Å². The van der Waals surface area contributed by atoms with Crippen molar-refractivity contribution in [3.05, 3.63) is 70.7 Å². The van der Waals surface area contributed by atoms with E-state index in [1.165, 1.54) is 0 Å². The van der Waals surface area contributed by atoms with Gasteiger partial charge in [-0.3, -0.25) is 4.79 Å². The topological polar surface area (TPSA) is 67.0 Å². The van der Waals surface area contributed by atoms with Gasteiger partial charge in [0.25, 0.3) is 0 Å². The van der Waals surface area contributed by atoms with Crippen molar-refractivity contribution >= 4 is 28.1 Å². The SMILES string of the molecule is COc1ccc(-c2csc(CCC(=O)NCc3c[nH]c4ccccc34)n2)cc1. The summed E-state index contributed by atoms with van der Waals surface area (Å²) in [6.07, 6.45) is 3.02. The van der Waals surface area contributed by atoms with Crippen molar-refractivity contribution < 1.29 is 9.53 Å². The maximum Gasteiger partial charge on any atom is 0.220 e. The quantitative estimate of drug-likeness (QED) is 0.486. The molecule has 2 N–H and O–H groups in total. The van der Waals surface area contributed by atoms with E-state index in [2.05, 4.69) is 21.4 Å². The number of carbonyl (C=O) groups is 1. The van der Waals surface area contributed by atoms with E-state index in [9.17, 15) is 4.79 Å². The number of aromatic nitrogens is 2. The van der Waals surface area contributed by atoms with Crippen LogP contribution in [0.25, 0.3) is 22.2 Å². The third kappa shape index (κ3) is 4.07. The summed E-state index contributed by atoms with van der Waals surface area (Å²) >= 11 is 1.59. The number of methoxy groups -OCH3 is 1. The van der Waals surface area contributed by atoms with Crippen LogP contribution in [0.4, 0.5) is 0 Å². The van der Waals surface area contributed by atoms with Crippen LogP contribution in [0.2, 0.25) is 0 Å². The average Bonchev–Trinajstić information content (AvgIpc) is 3.38. The number of amides is 1. The Bertz CT molecular complexity index is 1080. The largest absolute Gasteiger partial charge is 0.497 e. The van der Waals surface area contributed by atoms with E-state index in [4.69, 9.17) is 4.74 Å². The van der Waals surface area contributed by atoms with Crippen LogP contribution in [0.5, 0.6) is 5.75 Å². The monoisotopic (exact) mass is 391 g/mol. The number of ether oxygens (including phenoxy) is 1. The molecular formula is C22H21N3O2S. The lowest BCUT2D eigenvalue weighted by Crippen LogP contribution is -2.22. The van der Waals surface area contributed by atoms with Gasteiger partial charge in [0.2, 0.25) is 5.91 Å². The molecule has 0 spiro atoms. The molecule has 0 aliphatic heterocycles. The van der Waals surface area contributed by atoms with Gasteiger partial charge < -0.3 is 15.0 Å². The molecule has 1 amide bonds. The molecule has 0 unspecified atom stereocenters. The third-order valence-electron chi connectivity index (χ3n) is 4.65. The zero-order chi connectivity index (χ0) is 19.3. The van der Waals surface area contributed by atoms with E-state index >= 15 is 0 Å². The summed E-state index contributed by atoms with van der Waals surface area (Å²) in [4.78, 5) is 20.1. The number of nitrogens with one attached hydrogen (secondary N) is 2. The number of thiazole rings is 1. The van der Waals surface area contributed by atoms with Crippen LogP contribution in [0.1, 0.15) is 17.0 Å². The third-order valence-corrected chi connectivity index (χ3v) is 5.56. The van der Waals surface area contributed by atoms with Gasteiger partial charge in [0.05, 0.1) is 17.8 Å². The van der Waals surface area contributed by atoms with Gasteiger partial charge in [0.1, 0.15) is 5.75 Å². The van der Waals surface area contributed by atoms with Crippen LogP contribution < -0.4 is 10.1 Å². The zero-order valence-corrected chi connectivity index (χ0v) is 16.4. The summed E-state index contributed by atoms with van der Waals surface area (Å²) in [6, 6.07) is 15.9. The highest BCUT2D eigenvalue weighted by atomic mass is 32.1. The molecular weight excluding hydrogens is 370 g/mol. The minimum atomic E-state index is 0.0338. The van der Waals surface area contributed by atoms with Gasteiger partial charge >= 0.3 is 0 Å². The van der Waals surface area contributed by atoms with Crippen molar-refractivity contribution in [1.29, 1.82) is 0 Å². The molecule has 2 aromatic heterocycles. The number of hydrogen-bond donors (Lipinski definition) is 2. The van der Waals surface area contributed by atoms with E-state index in [0.29, 0.717) is 19.4 Å². The van der Waals surface area contributed by atoms with Gasteiger partial charge in [-0.25, -0.2) is 4.98 Å². The molecule has 2 heterocycles. The maximum atomic E-state index is 12.2. The van der Waals surface area contributed by atoms with Crippen LogP contribution in [0.15, 0.2) is 60.1 Å². The Morgan fingerprint density at radius 1 is 1.18 bits per heavy atom. The van der Waals surface area contributed by atoms with Gasteiger partial charge in [-0.2, -0.15) is 0 Å². The molecule has 0 saturated heterocycles. The van der Waals surface area contributed by atoms with E-state index < -0.39 is 0 Å². The molecule has 0 aliphatic carbocycles. The molecule has 28 heavy (non-hydrogen) atoms. The Kier molecular flexibility index (Phi) is 5.39. The summed E-state index contributed by atoms with van der Waals surface area (Å²) in [5.74, 6) is 0.859. The Labute approximate surface area is 167 Å². The van der Waals surface area contributed by atoms with Gasteiger partial charge in [-0.15, -0.1) is 11.3 Å². The summed E-state index contributed by atoms with van der Waals surface area (Å²) in [5.41, 5.74) is 4.16. The molecule has 0 aliphatic rings. The molecule has 0 saturated carbocycles. The van der Waals surface area contributed by atoms with Crippen LogP contribution >= 0.6 is 11.3 Å². The van der Waals surface area contributed by atoms with Crippen LogP contribution in [0, 0.1) is 0 Å². The predicted octanol–water partition coefficient (Wildman–Crippen LogP) is 4.55. The van der Waals surface area contributed by atoms with Crippen LogP contribution in [-0.2, 0) is 17.8 Å². The first-order valence-corrected chi connectivity index (χ1v) is 10.0. The number of aromatic amines is 1. The smallest absolute Gasteiger partial charge is 0.220 e. The highest BCUT2D eigenvalue weighted by Gasteiger charge is 2.09. The Hall–Kier alpha value is -3.12. The second-order valence-corrected chi connectivity index (χ2v) is 7.43. The summed E-state index contributed by atoms with van der Waals surface area (Å²) in [7, 11) is 1.65. The minimum Gasteiger partial charge on any atom is -0.497 e. The van der Waals surface area contributed by atoms with Crippen molar-refractivity contribution in [3.63, 3.8) is 0 Å². The number of nitrogens with zero attached hydrogens (tertiary/aromatic N) is 1. The Morgan fingerprint density at radius 2 is 2.00 bits per heavy atom. The first kappa shape index (κ1) is 18.3. The van der Waals surface area contributed by atoms with Crippen molar-refractivity contribution in [1.82, 2.24) is 15.3 Å². The predicted molar refractivity (Wildman–Crippen MR) is 113 cm³/mol. The average molecular weight is 391 g/mol. The first-order chi connectivity index (χ1) is 13.7. The number of hydrogen-bond acceptors (Lipinski definition) is 4. The molecule has 6 heteroatoms. The zero-order valence-electron chi connectivity index (χ0n) is 15.6. The van der Waals surface area contributed by atoms with Crippen LogP contribution in [0.3, 0.4) is 0 Å². The van der Waals surface area contributed by atoms with Gasteiger partial charge in [0.15, 0.2) is 0 Å². The fraction of sp³-hybridized carbons (Fsp3) is 0.182. The second kappa shape index (κ2) is 8.27. The first-order valence-electron chi connectivity index (χ1n) is 9.13. The lowest BCUT2D eigenvalue weighted by Gasteiger charge is -2.04. The molecule has 142 valence electrons. The highest BCUT2D eigenvalue weighted by molar-refractivity contribution is 7.09. The number of H-pyrrole nitrogens is 1. The van der Waals surface area contributed by atoms with E-state index in [1.807, 2.05) is 54.0 Å². The van der Waals surface area contributed by atoms with E-state index in [-0.39, 0.29) is 5.91 Å². The Morgan fingerprint density at radius 3 is 2.82 bits per heavy atom. The number of carbonyl (C=O) groups excluding carboxylic acids is 1. The maximum absolute atomic E-state index is 12.2. The second-order valence-electron chi connectivity index (χ2n) is 6.49. The highest BCUT2D eigenvalue weighted by Crippen LogP contribution is 2.24. The molecule has 4 rings (SSSR count). The van der Waals surface area contributed by atoms with Crippen molar-refractivity contribution in [2.24, 2.45) is 0 Å².